The number of carbonyl (C=O) groups is 6. The van der Waals surface area contributed by atoms with Crippen LogP contribution in [0.5, 0.6) is 0 Å². The first-order chi connectivity index (χ1) is 16.7. The van der Waals surface area contributed by atoms with E-state index in [1.54, 1.807) is 0 Å². The average molecular weight is 531 g/mol. The van der Waals surface area contributed by atoms with Gasteiger partial charge in [0.1, 0.15) is 6.10 Å². The Morgan fingerprint density at radius 3 is 0.583 bits per heavy atom. The van der Waals surface area contributed by atoms with E-state index >= 15 is 0 Å². The minimum absolute atomic E-state index is 0.0628. The SMILES string of the molecule is O=C(O)CCCCC(=O)O.O=C(O)CCCCC(=O)O.O=C(O)CCCCC(=O)O.OCC(O)CO. The summed E-state index contributed by atoms with van der Waals surface area (Å²) >= 11 is 0. The highest BCUT2D eigenvalue weighted by molar-refractivity contribution is 5.69. The van der Waals surface area contributed by atoms with Crippen molar-refractivity contribution in [3.8, 4) is 0 Å². The van der Waals surface area contributed by atoms with E-state index in [1.165, 1.54) is 0 Å². The van der Waals surface area contributed by atoms with E-state index in [-0.39, 0.29) is 51.7 Å². The van der Waals surface area contributed by atoms with Crippen LogP contribution in [0, 0.1) is 0 Å². The lowest BCUT2D eigenvalue weighted by Gasteiger charge is -1.96. The number of unbranched alkanes of at least 4 members (excludes halogenated alkanes) is 3. The molecule has 0 atom stereocenters. The maximum absolute atomic E-state index is 9.90. The molecule has 0 unspecified atom stereocenters. The molecular weight excluding hydrogens is 492 g/mol. The number of rotatable bonds is 17. The number of aliphatic hydroxyl groups excluding tert-OH is 3. The van der Waals surface area contributed by atoms with E-state index in [4.69, 9.17) is 46.0 Å². The topological polar surface area (TPSA) is 284 Å². The van der Waals surface area contributed by atoms with Crippen LogP contribution in [0.2, 0.25) is 0 Å². The Balaban J connectivity index is -0.000000193. The summed E-state index contributed by atoms with van der Waals surface area (Å²) in [6, 6.07) is 0. The number of aliphatic carboxylic acids is 6. The lowest BCUT2D eigenvalue weighted by atomic mass is 10.2. The Morgan fingerprint density at radius 1 is 0.389 bits per heavy atom. The number of hydrogen-bond acceptors (Lipinski definition) is 9. The second-order valence-electron chi connectivity index (χ2n) is 7.00. The van der Waals surface area contributed by atoms with E-state index in [0.717, 1.165) is 0 Å². The van der Waals surface area contributed by atoms with Gasteiger partial charge < -0.3 is 46.0 Å². The van der Waals surface area contributed by atoms with Gasteiger partial charge in [-0.3, -0.25) is 28.8 Å². The highest BCUT2D eigenvalue weighted by Crippen LogP contribution is 2.00. The van der Waals surface area contributed by atoms with Gasteiger partial charge >= 0.3 is 35.8 Å². The molecule has 0 aliphatic carbocycles. The van der Waals surface area contributed by atoms with Crippen LogP contribution in [-0.4, -0.2) is 101 Å². The standard InChI is InChI=1S/3C6H10O4.C3H8O3/c3*7-5(8)3-1-2-4-6(9)10;4-1-3(6)2-5/h3*1-4H2,(H,7,8)(H,9,10);3-6H,1-2H2. The van der Waals surface area contributed by atoms with Crippen LogP contribution in [0.4, 0.5) is 0 Å². The third-order valence-corrected chi connectivity index (χ3v) is 3.52. The zero-order valence-electron chi connectivity index (χ0n) is 20.0. The third kappa shape index (κ3) is 57.5. The predicted molar refractivity (Wildman–Crippen MR) is 121 cm³/mol. The summed E-state index contributed by atoms with van der Waals surface area (Å²) in [6.45, 7) is -0.729. The fourth-order valence-electron chi connectivity index (χ4n) is 1.72. The van der Waals surface area contributed by atoms with E-state index in [2.05, 4.69) is 0 Å². The van der Waals surface area contributed by atoms with Crippen LogP contribution in [0.15, 0.2) is 0 Å². The van der Waals surface area contributed by atoms with Gasteiger partial charge in [-0.25, -0.2) is 0 Å². The van der Waals surface area contributed by atoms with Crippen LogP contribution in [0.25, 0.3) is 0 Å². The van der Waals surface area contributed by atoms with Gasteiger partial charge in [0.2, 0.25) is 0 Å². The van der Waals surface area contributed by atoms with Gasteiger partial charge in [0.25, 0.3) is 0 Å². The highest BCUT2D eigenvalue weighted by Gasteiger charge is 2.00. The molecule has 0 fully saturated rings. The van der Waals surface area contributed by atoms with Crippen molar-refractivity contribution >= 4 is 35.8 Å². The van der Waals surface area contributed by atoms with E-state index in [0.29, 0.717) is 38.5 Å². The number of hydrogen-bond donors (Lipinski definition) is 9. The molecule has 0 aliphatic rings. The van der Waals surface area contributed by atoms with Gasteiger partial charge in [0.05, 0.1) is 13.2 Å². The number of carboxylic acid groups (broad SMARTS) is 6. The molecule has 212 valence electrons. The first-order valence-electron chi connectivity index (χ1n) is 10.9. The summed E-state index contributed by atoms with van der Waals surface area (Å²) in [5.41, 5.74) is 0. The minimum Gasteiger partial charge on any atom is -0.481 e. The van der Waals surface area contributed by atoms with Crippen LogP contribution < -0.4 is 0 Å². The van der Waals surface area contributed by atoms with Gasteiger partial charge in [-0.1, -0.05) is 0 Å². The van der Waals surface area contributed by atoms with Gasteiger partial charge in [-0.2, -0.15) is 0 Å². The molecule has 0 amide bonds. The fraction of sp³-hybridized carbons (Fsp3) is 0.714. The van der Waals surface area contributed by atoms with Gasteiger partial charge in [-0.05, 0) is 38.5 Å². The normalized spacial score (nSPS) is 9.33. The van der Waals surface area contributed by atoms with Crippen molar-refractivity contribution in [1.29, 1.82) is 0 Å². The van der Waals surface area contributed by atoms with Crippen molar-refractivity contribution in [2.45, 2.75) is 83.2 Å². The van der Waals surface area contributed by atoms with Crippen molar-refractivity contribution in [3.63, 3.8) is 0 Å². The maximum atomic E-state index is 9.90. The number of aliphatic hydroxyl groups is 3. The molecule has 0 aromatic carbocycles. The molecular formula is C21H38O15. The van der Waals surface area contributed by atoms with Crippen LogP contribution in [-0.2, 0) is 28.8 Å². The molecule has 0 aliphatic heterocycles. The summed E-state index contributed by atoms with van der Waals surface area (Å²) in [5.74, 6) is -5.22. The first-order valence-corrected chi connectivity index (χ1v) is 10.9. The molecule has 0 bridgehead atoms. The Morgan fingerprint density at radius 2 is 0.528 bits per heavy atom. The summed E-state index contributed by atoms with van der Waals surface area (Å²) in [7, 11) is 0. The second-order valence-corrected chi connectivity index (χ2v) is 7.00. The van der Waals surface area contributed by atoms with Crippen LogP contribution in [0.3, 0.4) is 0 Å². The Kier molecular flexibility index (Phi) is 32.9. The van der Waals surface area contributed by atoms with Gasteiger partial charge in [0, 0.05) is 38.5 Å². The summed E-state index contributed by atoms with van der Waals surface area (Å²) in [4.78, 5) is 59.4. The van der Waals surface area contributed by atoms with Crippen LogP contribution >= 0.6 is 0 Å². The van der Waals surface area contributed by atoms with E-state index in [9.17, 15) is 28.8 Å². The van der Waals surface area contributed by atoms with Crippen molar-refractivity contribution in [3.05, 3.63) is 0 Å². The van der Waals surface area contributed by atoms with E-state index < -0.39 is 41.9 Å². The molecule has 15 heteroatoms. The first kappa shape index (κ1) is 39.9. The van der Waals surface area contributed by atoms with Crippen molar-refractivity contribution < 1.29 is 74.7 Å². The lowest BCUT2D eigenvalue weighted by Crippen LogP contribution is -2.15. The number of carboxylic acids is 6. The summed E-state index contributed by atoms with van der Waals surface area (Å²) < 4.78 is 0. The van der Waals surface area contributed by atoms with E-state index in [1.807, 2.05) is 0 Å². The molecule has 9 N–H and O–H groups in total. The molecule has 0 heterocycles. The second kappa shape index (κ2) is 29.7. The molecule has 0 radical (unpaired) electrons. The summed E-state index contributed by atoms with van der Waals surface area (Å²) in [6.07, 6.45) is 2.10. The monoisotopic (exact) mass is 530 g/mol. The lowest BCUT2D eigenvalue weighted by molar-refractivity contribution is -0.139. The summed E-state index contributed by atoms with van der Waals surface area (Å²) in [5, 5.41) is 72.8. The molecule has 0 aromatic heterocycles. The zero-order valence-corrected chi connectivity index (χ0v) is 20.0. The van der Waals surface area contributed by atoms with Crippen molar-refractivity contribution in [2.24, 2.45) is 0 Å². The molecule has 0 rings (SSSR count). The Hall–Kier alpha value is -3.30. The zero-order chi connectivity index (χ0) is 28.9. The highest BCUT2D eigenvalue weighted by atomic mass is 16.4. The quantitative estimate of drug-likeness (QED) is 0.116. The Labute approximate surface area is 207 Å². The average Bonchev–Trinajstić information content (AvgIpc) is 2.77. The van der Waals surface area contributed by atoms with Gasteiger partial charge in [0.15, 0.2) is 0 Å². The fourth-order valence-corrected chi connectivity index (χ4v) is 1.72. The van der Waals surface area contributed by atoms with Crippen LogP contribution in [0.1, 0.15) is 77.0 Å². The smallest absolute Gasteiger partial charge is 0.303 e. The molecule has 0 saturated heterocycles. The Bertz CT molecular complexity index is 490. The molecule has 36 heavy (non-hydrogen) atoms. The third-order valence-electron chi connectivity index (χ3n) is 3.52. The van der Waals surface area contributed by atoms with Gasteiger partial charge in [-0.15, -0.1) is 0 Å². The molecule has 0 saturated carbocycles. The molecule has 0 spiro atoms. The maximum Gasteiger partial charge on any atom is 0.303 e. The molecule has 0 aromatic rings. The predicted octanol–water partition coefficient (Wildman–Crippen LogP) is 0.480. The minimum atomic E-state index is -0.954. The van der Waals surface area contributed by atoms with Crippen molar-refractivity contribution in [2.75, 3.05) is 13.2 Å². The van der Waals surface area contributed by atoms with Crippen molar-refractivity contribution in [1.82, 2.24) is 0 Å². The molecule has 15 nitrogen and oxygen atoms in total. The largest absolute Gasteiger partial charge is 0.481 e.